The number of fused-ring (bicyclic) bond motifs is 1. The molecule has 3 heterocycles. The molecule has 0 unspecified atom stereocenters. The van der Waals surface area contributed by atoms with Crippen molar-refractivity contribution in [1.82, 2.24) is 24.8 Å². The Morgan fingerprint density at radius 2 is 1.93 bits per heavy atom. The summed E-state index contributed by atoms with van der Waals surface area (Å²) in [5.74, 6) is 2.44. The van der Waals surface area contributed by atoms with Crippen LogP contribution in [0.15, 0.2) is 42.7 Å². The third-order valence-electron chi connectivity index (χ3n) is 8.32. The fourth-order valence-electron chi connectivity index (χ4n) is 6.22. The second kappa shape index (κ2) is 13.9. The fraction of sp³-hybridized carbons (Fsp3) is 0.581. The molecule has 11 heteroatoms. The first-order valence-electron chi connectivity index (χ1n) is 15.3. The molecule has 2 aliphatic rings. The highest BCUT2D eigenvalue weighted by Crippen LogP contribution is 2.30. The van der Waals surface area contributed by atoms with Crippen molar-refractivity contribution in [2.45, 2.75) is 70.4 Å². The van der Waals surface area contributed by atoms with E-state index in [2.05, 4.69) is 27.4 Å². The molecule has 2 fully saturated rings. The van der Waals surface area contributed by atoms with Gasteiger partial charge < -0.3 is 24.8 Å². The Bertz CT molecular complexity index is 1450. The zero-order valence-corrected chi connectivity index (χ0v) is 25.6. The molecular weight excluding hydrogens is 552 g/mol. The molecule has 3 aromatic rings. The average molecular weight is 597 g/mol. The van der Waals surface area contributed by atoms with Gasteiger partial charge in [-0.15, -0.1) is 0 Å². The summed E-state index contributed by atoms with van der Waals surface area (Å²) in [7, 11) is -3.01. The number of nitrogens with one attached hydrogen (secondary N) is 2. The number of hydrogen-bond acceptors (Lipinski definition) is 8. The van der Waals surface area contributed by atoms with Crippen molar-refractivity contribution in [2.24, 2.45) is 5.92 Å². The third kappa shape index (κ3) is 8.01. The van der Waals surface area contributed by atoms with Crippen LogP contribution in [-0.4, -0.2) is 84.1 Å². The zero-order chi connectivity index (χ0) is 29.5. The minimum atomic E-state index is -3.01. The lowest BCUT2D eigenvalue weighted by Crippen LogP contribution is -2.49. The highest BCUT2D eigenvalue weighted by molar-refractivity contribution is 7.90. The lowest BCUT2D eigenvalue weighted by atomic mass is 9.85. The summed E-state index contributed by atoms with van der Waals surface area (Å²) in [4.78, 5) is 24.7. The smallest absolute Gasteiger partial charge is 0.224 e. The van der Waals surface area contributed by atoms with Gasteiger partial charge >= 0.3 is 0 Å². The van der Waals surface area contributed by atoms with Gasteiger partial charge in [0.1, 0.15) is 21.4 Å². The number of carbonyl (C=O) groups is 1. The third-order valence-corrected chi connectivity index (χ3v) is 9.35. The maximum atomic E-state index is 13.0. The van der Waals surface area contributed by atoms with E-state index in [4.69, 9.17) is 9.72 Å². The summed E-state index contributed by atoms with van der Waals surface area (Å²) >= 11 is 0. The number of nitrogens with zero attached hydrogens (tertiary/aromatic N) is 4. The molecule has 2 N–H and O–H groups in total. The highest BCUT2D eigenvalue weighted by atomic mass is 32.2. The van der Waals surface area contributed by atoms with Gasteiger partial charge in [0.05, 0.1) is 17.9 Å². The first-order valence-corrected chi connectivity index (χ1v) is 17.4. The number of carbonyl (C=O) groups excluding carboxylic acids is 1. The van der Waals surface area contributed by atoms with Crippen molar-refractivity contribution >= 4 is 32.6 Å². The van der Waals surface area contributed by atoms with Crippen molar-refractivity contribution in [3.63, 3.8) is 0 Å². The van der Waals surface area contributed by atoms with Crippen LogP contribution in [0.3, 0.4) is 0 Å². The van der Waals surface area contributed by atoms with Crippen LogP contribution in [0.25, 0.3) is 16.7 Å². The van der Waals surface area contributed by atoms with E-state index in [1.54, 1.807) is 6.20 Å². The van der Waals surface area contributed by atoms with Gasteiger partial charge in [-0.25, -0.2) is 13.4 Å². The van der Waals surface area contributed by atoms with Gasteiger partial charge in [-0.05, 0) is 88.7 Å². The van der Waals surface area contributed by atoms with Crippen LogP contribution in [0.4, 0.5) is 5.95 Å². The van der Waals surface area contributed by atoms with Crippen molar-refractivity contribution in [3.8, 4) is 11.6 Å². The molecule has 0 bridgehead atoms. The summed E-state index contributed by atoms with van der Waals surface area (Å²) in [6.45, 7) is 5.77. The SMILES string of the molecule is CCCN1CCC[C@@H](NC(=O)[C@H]2CC[C@H](Nc3nccc(-n4ccc5c(OCCCS(C)(=O)=O)cccc54)n3)CC2)C1. The topological polar surface area (TPSA) is 118 Å². The van der Waals surface area contributed by atoms with E-state index in [0.29, 0.717) is 19.0 Å². The number of piperidine rings is 1. The maximum Gasteiger partial charge on any atom is 0.224 e. The highest BCUT2D eigenvalue weighted by Gasteiger charge is 2.29. The molecule has 1 atom stereocenters. The number of likely N-dealkylation sites (tertiary alicyclic amines) is 1. The lowest BCUT2D eigenvalue weighted by Gasteiger charge is -2.34. The van der Waals surface area contributed by atoms with E-state index in [-0.39, 0.29) is 29.7 Å². The second-order valence-electron chi connectivity index (χ2n) is 11.8. The van der Waals surface area contributed by atoms with Gasteiger partial charge in [0.15, 0.2) is 0 Å². The Morgan fingerprint density at radius 1 is 1.10 bits per heavy atom. The number of aromatic nitrogens is 3. The van der Waals surface area contributed by atoms with E-state index in [0.717, 1.165) is 87.1 Å². The first kappa shape index (κ1) is 30.3. The van der Waals surface area contributed by atoms with Crippen molar-refractivity contribution in [1.29, 1.82) is 0 Å². The Hall–Kier alpha value is -3.18. The molecule has 5 rings (SSSR count). The number of ether oxygens (including phenoxy) is 1. The molecule has 2 aromatic heterocycles. The number of rotatable bonds is 12. The molecule has 0 radical (unpaired) electrons. The normalized spacial score (nSPS) is 21.7. The van der Waals surface area contributed by atoms with E-state index in [9.17, 15) is 13.2 Å². The van der Waals surface area contributed by atoms with E-state index in [1.807, 2.05) is 41.1 Å². The Kier molecular flexibility index (Phi) is 9.99. The van der Waals surface area contributed by atoms with Gasteiger partial charge in [0.2, 0.25) is 11.9 Å². The fourth-order valence-corrected chi connectivity index (χ4v) is 6.86. The largest absolute Gasteiger partial charge is 0.493 e. The van der Waals surface area contributed by atoms with E-state index < -0.39 is 9.84 Å². The molecule has 1 saturated heterocycles. The summed E-state index contributed by atoms with van der Waals surface area (Å²) < 4.78 is 30.7. The summed E-state index contributed by atoms with van der Waals surface area (Å²) in [5, 5.41) is 7.78. The van der Waals surface area contributed by atoms with Crippen molar-refractivity contribution < 1.29 is 17.9 Å². The maximum absolute atomic E-state index is 13.0. The Labute approximate surface area is 249 Å². The minimum absolute atomic E-state index is 0.0749. The predicted octanol–water partition coefficient (Wildman–Crippen LogP) is 4.20. The van der Waals surface area contributed by atoms with Crippen LogP contribution in [0.1, 0.15) is 58.3 Å². The van der Waals surface area contributed by atoms with Gasteiger partial charge in [0, 0.05) is 48.6 Å². The number of amides is 1. The monoisotopic (exact) mass is 596 g/mol. The minimum Gasteiger partial charge on any atom is -0.493 e. The van der Waals surface area contributed by atoms with Crippen LogP contribution in [0.2, 0.25) is 0 Å². The van der Waals surface area contributed by atoms with Crippen LogP contribution in [-0.2, 0) is 14.6 Å². The summed E-state index contributed by atoms with van der Waals surface area (Å²) in [6.07, 6.45) is 12.3. The molecule has 228 valence electrons. The van der Waals surface area contributed by atoms with Crippen molar-refractivity contribution in [3.05, 3.63) is 42.7 Å². The lowest BCUT2D eigenvalue weighted by molar-refractivity contribution is -0.127. The van der Waals surface area contributed by atoms with Gasteiger partial charge in [-0.3, -0.25) is 4.79 Å². The molecule has 42 heavy (non-hydrogen) atoms. The average Bonchev–Trinajstić information content (AvgIpc) is 3.41. The van der Waals surface area contributed by atoms with E-state index in [1.165, 1.54) is 6.26 Å². The molecule has 0 spiro atoms. The molecule has 1 aliphatic heterocycles. The zero-order valence-electron chi connectivity index (χ0n) is 24.8. The second-order valence-corrected chi connectivity index (χ2v) is 14.0. The van der Waals surface area contributed by atoms with Gasteiger partial charge in [0.25, 0.3) is 0 Å². The van der Waals surface area contributed by atoms with Crippen LogP contribution in [0.5, 0.6) is 5.75 Å². The predicted molar refractivity (Wildman–Crippen MR) is 166 cm³/mol. The molecule has 1 aromatic carbocycles. The Morgan fingerprint density at radius 3 is 2.71 bits per heavy atom. The van der Waals surface area contributed by atoms with Gasteiger partial charge in [-0.1, -0.05) is 13.0 Å². The number of sulfone groups is 1. The standard InChI is InChI=1S/C31H44N6O4S/c1-3-17-36-18-5-7-25(22-36)33-30(38)23-10-12-24(13-11-23)34-31-32-16-14-29(35-31)37-19-15-26-27(37)8-4-9-28(26)41-20-6-21-42(2,39)40/h4,8-9,14-16,19,23-25H,3,5-7,10-13,17-18,20-22H2,1-2H3,(H,33,38)(H,32,34,35)/t23-,24-,25-/m1/s1. The molecule has 1 amide bonds. The molecule has 10 nitrogen and oxygen atoms in total. The van der Waals surface area contributed by atoms with Crippen molar-refractivity contribution in [2.75, 3.05) is 43.6 Å². The molecular formula is C31H44N6O4S. The van der Waals surface area contributed by atoms with Crippen LogP contribution in [0, 0.1) is 5.92 Å². The Balaban J connectivity index is 1.15. The number of benzene rings is 1. The number of hydrogen-bond donors (Lipinski definition) is 2. The van der Waals surface area contributed by atoms with E-state index >= 15 is 0 Å². The summed E-state index contributed by atoms with van der Waals surface area (Å²) in [5.41, 5.74) is 0.947. The number of anilines is 1. The van der Waals surface area contributed by atoms with Crippen LogP contribution >= 0.6 is 0 Å². The first-order chi connectivity index (χ1) is 20.3. The van der Waals surface area contributed by atoms with Crippen LogP contribution < -0.4 is 15.4 Å². The molecule has 1 aliphatic carbocycles. The molecule has 1 saturated carbocycles. The quantitative estimate of drug-likeness (QED) is 0.299. The summed E-state index contributed by atoms with van der Waals surface area (Å²) in [6, 6.07) is 10.2. The van der Waals surface area contributed by atoms with Gasteiger partial charge in [-0.2, -0.15) is 4.98 Å².